The molecule has 0 saturated carbocycles. The molecule has 0 radical (unpaired) electrons. The summed E-state index contributed by atoms with van der Waals surface area (Å²) in [5, 5.41) is 11.0. The molecule has 0 bridgehead atoms. The summed E-state index contributed by atoms with van der Waals surface area (Å²) in [4.78, 5) is 16.2. The van der Waals surface area contributed by atoms with Gasteiger partial charge in [-0.2, -0.15) is 5.26 Å². The SMILES string of the molecule is [2H]c1ccc2c(N3C[C@@H]4CN(Cc5cnc(Cl)cc5C)CCN4[C@H](C)C3)ccc(C#N)c2n1. The van der Waals surface area contributed by atoms with E-state index in [0.717, 1.165) is 50.3 Å². The van der Waals surface area contributed by atoms with Crippen LogP contribution in [-0.4, -0.2) is 64.6 Å². The smallest absolute Gasteiger partial charge is 0.129 e. The normalized spacial score (nSPS) is 22.4. The number of pyridine rings is 2. The van der Waals surface area contributed by atoms with E-state index in [-0.39, 0.29) is 6.17 Å². The van der Waals surface area contributed by atoms with Crippen LogP contribution in [0.5, 0.6) is 0 Å². The molecule has 1 aromatic carbocycles. The standard InChI is InChI=1S/C25H27ClN6/c1-17-10-24(26)29-12-20(17)14-30-8-9-32-18(2)13-31(16-21(32)15-30)23-6-5-19(11-27)25-22(23)4-3-7-28-25/h3-7,10,12,18,21H,8-9,13-16H2,1-2H3/t18-,21+/m1/s1/i7D. The first-order valence-corrected chi connectivity index (χ1v) is 11.4. The Labute approximate surface area is 195 Å². The maximum absolute atomic E-state index is 9.52. The molecule has 2 aliphatic rings. The molecule has 2 aromatic heterocycles. The minimum Gasteiger partial charge on any atom is -0.368 e. The second-order valence-corrected chi connectivity index (χ2v) is 9.28. The number of hydrogen-bond donors (Lipinski definition) is 0. The first-order chi connectivity index (χ1) is 15.9. The first-order valence-electron chi connectivity index (χ1n) is 11.6. The van der Waals surface area contributed by atoms with Crippen molar-refractivity contribution in [2.24, 2.45) is 0 Å². The molecule has 5 rings (SSSR count). The Morgan fingerprint density at radius 3 is 2.91 bits per heavy atom. The molecule has 2 saturated heterocycles. The van der Waals surface area contributed by atoms with E-state index in [2.05, 4.69) is 44.6 Å². The van der Waals surface area contributed by atoms with Gasteiger partial charge < -0.3 is 4.90 Å². The highest BCUT2D eigenvalue weighted by atomic mass is 35.5. The van der Waals surface area contributed by atoms with E-state index in [1.165, 1.54) is 11.1 Å². The topological polar surface area (TPSA) is 59.3 Å². The monoisotopic (exact) mass is 447 g/mol. The number of rotatable bonds is 3. The first kappa shape index (κ1) is 19.9. The van der Waals surface area contributed by atoms with Crippen molar-refractivity contribution in [3.05, 3.63) is 64.5 Å². The lowest BCUT2D eigenvalue weighted by molar-refractivity contribution is 0.0316. The van der Waals surface area contributed by atoms with Crippen molar-refractivity contribution in [1.29, 1.82) is 5.26 Å². The fourth-order valence-corrected chi connectivity index (χ4v) is 5.41. The summed E-state index contributed by atoms with van der Waals surface area (Å²) in [7, 11) is 0. The van der Waals surface area contributed by atoms with Gasteiger partial charge in [-0.05, 0) is 55.3 Å². The van der Waals surface area contributed by atoms with Crippen LogP contribution in [0.15, 0.2) is 42.7 Å². The Morgan fingerprint density at radius 2 is 2.09 bits per heavy atom. The molecule has 0 unspecified atom stereocenters. The lowest BCUT2D eigenvalue weighted by Gasteiger charge is -2.51. The highest BCUT2D eigenvalue weighted by Crippen LogP contribution is 2.32. The maximum Gasteiger partial charge on any atom is 0.129 e. The lowest BCUT2D eigenvalue weighted by atomic mass is 10.0. The molecular weight excluding hydrogens is 420 g/mol. The fraction of sp³-hybridized carbons (Fsp3) is 0.400. The summed E-state index contributed by atoms with van der Waals surface area (Å²) in [5.74, 6) is 0. The molecule has 2 fully saturated rings. The third-order valence-corrected chi connectivity index (χ3v) is 7.04. The van der Waals surface area contributed by atoms with Gasteiger partial charge in [-0.3, -0.25) is 14.8 Å². The van der Waals surface area contributed by atoms with Crippen LogP contribution in [0.2, 0.25) is 5.15 Å². The van der Waals surface area contributed by atoms with Gasteiger partial charge in [0.1, 0.15) is 11.2 Å². The van der Waals surface area contributed by atoms with Gasteiger partial charge in [0.25, 0.3) is 0 Å². The van der Waals surface area contributed by atoms with Crippen molar-refractivity contribution in [3.8, 4) is 6.07 Å². The van der Waals surface area contributed by atoms with E-state index in [1.54, 1.807) is 6.07 Å². The Morgan fingerprint density at radius 1 is 1.22 bits per heavy atom. The predicted octanol–water partition coefficient (Wildman–Crippen LogP) is 3.86. The zero-order chi connectivity index (χ0) is 23.1. The summed E-state index contributed by atoms with van der Waals surface area (Å²) >= 11 is 6.04. The van der Waals surface area contributed by atoms with E-state index >= 15 is 0 Å². The maximum atomic E-state index is 9.52. The molecule has 7 heteroatoms. The highest BCUT2D eigenvalue weighted by Gasteiger charge is 2.36. The van der Waals surface area contributed by atoms with Crippen LogP contribution >= 0.6 is 11.6 Å². The van der Waals surface area contributed by atoms with Crippen LogP contribution in [0.25, 0.3) is 10.9 Å². The second-order valence-electron chi connectivity index (χ2n) is 8.89. The van der Waals surface area contributed by atoms with Gasteiger partial charge in [0.2, 0.25) is 0 Å². The summed E-state index contributed by atoms with van der Waals surface area (Å²) in [5.41, 5.74) is 4.64. The Bertz CT molecular complexity index is 1240. The van der Waals surface area contributed by atoms with Gasteiger partial charge in [-0.1, -0.05) is 11.6 Å². The second kappa shape index (κ2) is 8.67. The number of fused-ring (bicyclic) bond motifs is 2. The molecular formula is C25H27ClN6. The third kappa shape index (κ3) is 3.93. The average Bonchev–Trinajstić information content (AvgIpc) is 2.80. The number of benzene rings is 1. The molecule has 0 aliphatic carbocycles. The van der Waals surface area contributed by atoms with Crippen LogP contribution in [0.4, 0.5) is 5.69 Å². The van der Waals surface area contributed by atoms with E-state index in [0.29, 0.717) is 28.3 Å². The number of hydrogen-bond acceptors (Lipinski definition) is 6. The van der Waals surface area contributed by atoms with Crippen LogP contribution in [0, 0.1) is 18.3 Å². The number of nitrogens with zero attached hydrogens (tertiary/aromatic N) is 6. The molecule has 164 valence electrons. The molecule has 0 amide bonds. The van der Waals surface area contributed by atoms with Crippen LogP contribution in [0.3, 0.4) is 0 Å². The Balaban J connectivity index is 1.39. The third-order valence-electron chi connectivity index (χ3n) is 6.83. The summed E-state index contributed by atoms with van der Waals surface area (Å²) < 4.78 is 7.90. The highest BCUT2D eigenvalue weighted by molar-refractivity contribution is 6.29. The van der Waals surface area contributed by atoms with Crippen molar-refractivity contribution in [3.63, 3.8) is 0 Å². The van der Waals surface area contributed by atoms with Crippen molar-refractivity contribution < 1.29 is 1.37 Å². The number of aromatic nitrogens is 2. The fourth-order valence-electron chi connectivity index (χ4n) is 5.20. The largest absolute Gasteiger partial charge is 0.368 e. The lowest BCUT2D eigenvalue weighted by Crippen LogP contribution is -2.65. The zero-order valence-corrected chi connectivity index (χ0v) is 19.2. The van der Waals surface area contributed by atoms with Crippen molar-refractivity contribution in [2.45, 2.75) is 32.5 Å². The van der Waals surface area contributed by atoms with Crippen molar-refractivity contribution >= 4 is 28.2 Å². The van der Waals surface area contributed by atoms with Gasteiger partial charge >= 0.3 is 0 Å². The molecule has 0 N–H and O–H groups in total. The number of nitriles is 1. The van der Waals surface area contributed by atoms with Gasteiger partial charge in [0, 0.05) is 74.8 Å². The van der Waals surface area contributed by atoms with Crippen molar-refractivity contribution in [1.82, 2.24) is 19.8 Å². The molecule has 0 spiro atoms. The summed E-state index contributed by atoms with van der Waals surface area (Å²) in [6.07, 6.45) is 2.08. The molecule has 3 aromatic rings. The number of halogens is 1. The van der Waals surface area contributed by atoms with Crippen molar-refractivity contribution in [2.75, 3.05) is 37.6 Å². The molecule has 32 heavy (non-hydrogen) atoms. The van der Waals surface area contributed by atoms with Crippen LogP contribution in [-0.2, 0) is 6.54 Å². The average molecular weight is 448 g/mol. The predicted molar refractivity (Wildman–Crippen MR) is 128 cm³/mol. The van der Waals surface area contributed by atoms with Gasteiger partial charge in [-0.15, -0.1) is 0 Å². The van der Waals surface area contributed by atoms with Crippen LogP contribution in [0.1, 0.15) is 25.0 Å². The number of piperazine rings is 2. The minimum absolute atomic E-state index is 0.184. The van der Waals surface area contributed by atoms with Gasteiger partial charge in [0.15, 0.2) is 0 Å². The molecule has 2 atom stereocenters. The Hall–Kier alpha value is -2.72. The van der Waals surface area contributed by atoms with Crippen LogP contribution < -0.4 is 4.90 Å². The minimum atomic E-state index is 0.184. The summed E-state index contributed by atoms with van der Waals surface area (Å²) in [6.45, 7) is 10.2. The quantitative estimate of drug-likeness (QED) is 0.568. The molecule has 4 heterocycles. The zero-order valence-electron chi connectivity index (χ0n) is 19.4. The molecule has 2 aliphatic heterocycles. The van der Waals surface area contributed by atoms with E-state index in [1.807, 2.05) is 30.5 Å². The number of anilines is 1. The van der Waals surface area contributed by atoms with E-state index < -0.39 is 0 Å². The number of aryl methyl sites for hydroxylation is 1. The van der Waals surface area contributed by atoms with E-state index in [9.17, 15) is 5.26 Å². The summed E-state index contributed by atoms with van der Waals surface area (Å²) in [6, 6.07) is 12.5. The van der Waals surface area contributed by atoms with Gasteiger partial charge in [0.05, 0.1) is 12.5 Å². The van der Waals surface area contributed by atoms with Gasteiger partial charge in [-0.25, -0.2) is 4.98 Å². The Kier molecular flexibility index (Phi) is 5.40. The molecule has 6 nitrogen and oxygen atoms in total. The van der Waals surface area contributed by atoms with E-state index in [4.69, 9.17) is 13.0 Å².